The highest BCUT2D eigenvalue weighted by atomic mass is 32.1. The maximum atomic E-state index is 12.6. The topological polar surface area (TPSA) is 58.6 Å². The third-order valence-corrected chi connectivity index (χ3v) is 5.94. The Labute approximate surface area is 151 Å². The number of carbonyl (C=O) groups excluding carboxylic acids is 1. The zero-order valence-electron chi connectivity index (χ0n) is 14.1. The molecule has 4 rings (SSSR count). The van der Waals surface area contributed by atoms with Gasteiger partial charge >= 0.3 is 0 Å². The quantitative estimate of drug-likeness (QED) is 0.840. The van der Waals surface area contributed by atoms with Crippen molar-refractivity contribution in [2.45, 2.75) is 25.0 Å². The maximum Gasteiger partial charge on any atom is 0.255 e. The second-order valence-electron chi connectivity index (χ2n) is 6.74. The number of likely N-dealkylation sites (tertiary alicyclic amines) is 1. The van der Waals surface area contributed by atoms with Crippen molar-refractivity contribution in [2.75, 3.05) is 32.8 Å². The maximum absolute atomic E-state index is 12.6. The van der Waals surface area contributed by atoms with Gasteiger partial charge in [0, 0.05) is 37.6 Å². The number of hydrogen-bond acceptors (Lipinski definition) is 6. The molecule has 4 heterocycles. The van der Waals surface area contributed by atoms with Gasteiger partial charge in [-0.2, -0.15) is 10.2 Å². The summed E-state index contributed by atoms with van der Waals surface area (Å²) in [6, 6.07) is 6.02. The number of morpholine rings is 1. The summed E-state index contributed by atoms with van der Waals surface area (Å²) in [5.41, 5.74) is 0.498. The van der Waals surface area contributed by atoms with Crippen LogP contribution in [0.3, 0.4) is 0 Å². The number of aromatic nitrogens is 2. The normalized spacial score (nSPS) is 20.7. The average molecular weight is 358 g/mol. The van der Waals surface area contributed by atoms with Gasteiger partial charge in [-0.15, -0.1) is 11.3 Å². The smallest absolute Gasteiger partial charge is 0.255 e. The van der Waals surface area contributed by atoms with Crippen molar-refractivity contribution in [1.82, 2.24) is 20.0 Å². The zero-order chi connectivity index (χ0) is 17.1. The molecule has 2 aromatic heterocycles. The van der Waals surface area contributed by atoms with Gasteiger partial charge in [0.15, 0.2) is 0 Å². The summed E-state index contributed by atoms with van der Waals surface area (Å²) in [5.74, 6) is 0.0380. The van der Waals surface area contributed by atoms with E-state index in [1.165, 1.54) is 11.1 Å². The molecule has 1 amide bonds. The van der Waals surface area contributed by atoms with Gasteiger partial charge in [0.2, 0.25) is 0 Å². The van der Waals surface area contributed by atoms with Gasteiger partial charge in [-0.3, -0.25) is 9.69 Å². The molecule has 2 aromatic rings. The number of amides is 1. The summed E-state index contributed by atoms with van der Waals surface area (Å²) in [5, 5.41) is 9.66. The van der Waals surface area contributed by atoms with Crippen LogP contribution >= 0.6 is 11.3 Å². The van der Waals surface area contributed by atoms with Crippen LogP contribution in [0.25, 0.3) is 0 Å². The van der Waals surface area contributed by atoms with Crippen molar-refractivity contribution in [1.29, 1.82) is 0 Å². The fourth-order valence-electron chi connectivity index (χ4n) is 3.70. The number of hydrogen-bond donors (Lipinski definition) is 0. The Hall–Kier alpha value is -1.83. The van der Waals surface area contributed by atoms with Crippen molar-refractivity contribution < 1.29 is 9.53 Å². The first-order valence-corrected chi connectivity index (χ1v) is 9.57. The first kappa shape index (κ1) is 16.6. The van der Waals surface area contributed by atoms with Crippen molar-refractivity contribution in [3.8, 4) is 0 Å². The molecule has 132 valence electrons. The van der Waals surface area contributed by atoms with Gasteiger partial charge in [0.05, 0.1) is 30.2 Å². The number of nitrogens with zero attached hydrogens (tertiary/aromatic N) is 4. The standard InChI is InChI=1S/C18H22N4O2S/c23-17(15-3-6-19-20-12-15)22-7-4-18(5-8-22)14-21(9-10-24-18)13-16-2-1-11-25-16/h1-3,6,11-12H,4-5,7-10,13-14H2. The SMILES string of the molecule is O=C(c1ccnnc1)N1CCC2(CC1)CN(Cc1cccs1)CCO2. The first-order valence-electron chi connectivity index (χ1n) is 8.69. The van der Waals surface area contributed by atoms with Crippen LogP contribution in [0.1, 0.15) is 28.1 Å². The van der Waals surface area contributed by atoms with Crippen LogP contribution in [0, 0.1) is 0 Å². The number of carbonyl (C=O) groups is 1. The molecule has 2 saturated heterocycles. The lowest BCUT2D eigenvalue weighted by Gasteiger charge is -2.47. The second-order valence-corrected chi connectivity index (χ2v) is 7.78. The van der Waals surface area contributed by atoms with E-state index < -0.39 is 0 Å². The lowest BCUT2D eigenvalue weighted by molar-refractivity contribution is -0.134. The zero-order valence-corrected chi connectivity index (χ0v) is 15.0. The molecule has 0 saturated carbocycles. The van der Waals surface area contributed by atoms with E-state index in [4.69, 9.17) is 4.74 Å². The molecule has 6 nitrogen and oxygen atoms in total. The van der Waals surface area contributed by atoms with Gasteiger partial charge in [0.1, 0.15) is 0 Å². The summed E-state index contributed by atoms with van der Waals surface area (Å²) in [7, 11) is 0. The van der Waals surface area contributed by atoms with E-state index in [1.807, 2.05) is 16.2 Å². The van der Waals surface area contributed by atoms with Crippen LogP contribution in [0.2, 0.25) is 0 Å². The van der Waals surface area contributed by atoms with E-state index in [-0.39, 0.29) is 11.5 Å². The predicted molar refractivity (Wildman–Crippen MR) is 95.4 cm³/mol. The molecule has 2 aliphatic heterocycles. The van der Waals surface area contributed by atoms with Crippen LogP contribution in [0.5, 0.6) is 0 Å². The highest BCUT2D eigenvalue weighted by Gasteiger charge is 2.40. The van der Waals surface area contributed by atoms with Crippen molar-refractivity contribution in [2.24, 2.45) is 0 Å². The molecule has 0 N–H and O–H groups in total. The molecule has 2 aliphatic rings. The minimum Gasteiger partial charge on any atom is -0.372 e. The highest BCUT2D eigenvalue weighted by Crippen LogP contribution is 2.31. The summed E-state index contributed by atoms with van der Waals surface area (Å²) in [6.45, 7) is 5.15. The molecule has 1 spiro atoms. The average Bonchev–Trinajstić information content (AvgIpc) is 3.16. The Balaban J connectivity index is 1.36. The van der Waals surface area contributed by atoms with E-state index in [2.05, 4.69) is 32.6 Å². The molecule has 0 unspecified atom stereocenters. The molecule has 0 atom stereocenters. The minimum atomic E-state index is -0.108. The molecule has 0 aromatic carbocycles. The molecule has 0 bridgehead atoms. The van der Waals surface area contributed by atoms with Crippen molar-refractivity contribution >= 4 is 17.2 Å². The number of rotatable bonds is 3. The fourth-order valence-corrected chi connectivity index (χ4v) is 4.45. The lowest BCUT2D eigenvalue weighted by Crippen LogP contribution is -2.57. The Kier molecular flexibility index (Phi) is 4.78. The Morgan fingerprint density at radius 3 is 2.84 bits per heavy atom. The molecule has 0 radical (unpaired) electrons. The third kappa shape index (κ3) is 3.73. The van der Waals surface area contributed by atoms with E-state index in [0.717, 1.165) is 52.2 Å². The second kappa shape index (κ2) is 7.19. The van der Waals surface area contributed by atoms with Crippen molar-refractivity contribution in [3.63, 3.8) is 0 Å². The van der Waals surface area contributed by atoms with Gasteiger partial charge in [0.25, 0.3) is 5.91 Å². The van der Waals surface area contributed by atoms with Crippen LogP contribution < -0.4 is 0 Å². The monoisotopic (exact) mass is 358 g/mol. The van der Waals surface area contributed by atoms with Crippen LogP contribution in [-0.2, 0) is 11.3 Å². The summed E-state index contributed by atoms with van der Waals surface area (Å²) >= 11 is 1.81. The molecule has 25 heavy (non-hydrogen) atoms. The molecule has 7 heteroatoms. The van der Waals surface area contributed by atoms with Gasteiger partial charge in [-0.1, -0.05) is 6.07 Å². The van der Waals surface area contributed by atoms with E-state index >= 15 is 0 Å². The predicted octanol–water partition coefficient (Wildman–Crippen LogP) is 2.05. The van der Waals surface area contributed by atoms with Gasteiger partial charge < -0.3 is 9.64 Å². The largest absolute Gasteiger partial charge is 0.372 e. The summed E-state index contributed by atoms with van der Waals surface area (Å²) in [6.07, 6.45) is 4.87. The number of piperidine rings is 1. The Bertz CT molecular complexity index is 699. The van der Waals surface area contributed by atoms with Gasteiger partial charge in [-0.25, -0.2) is 0 Å². The molecular weight excluding hydrogens is 336 g/mol. The minimum absolute atomic E-state index is 0.0380. The van der Waals surface area contributed by atoms with Crippen molar-refractivity contribution in [3.05, 3.63) is 46.4 Å². The summed E-state index contributed by atoms with van der Waals surface area (Å²) < 4.78 is 6.19. The van der Waals surface area contributed by atoms with Crippen LogP contribution in [0.15, 0.2) is 36.0 Å². The van der Waals surface area contributed by atoms with Crippen LogP contribution in [0.4, 0.5) is 0 Å². The first-order chi connectivity index (χ1) is 12.2. The Morgan fingerprint density at radius 2 is 2.12 bits per heavy atom. The van der Waals surface area contributed by atoms with Crippen LogP contribution in [-0.4, -0.2) is 64.3 Å². The molecule has 0 aliphatic carbocycles. The molecule has 2 fully saturated rings. The van der Waals surface area contributed by atoms with E-state index in [0.29, 0.717) is 5.56 Å². The van der Waals surface area contributed by atoms with Gasteiger partial charge in [-0.05, 0) is 30.4 Å². The van der Waals surface area contributed by atoms with E-state index in [1.54, 1.807) is 12.3 Å². The Morgan fingerprint density at radius 1 is 1.24 bits per heavy atom. The number of ether oxygens (including phenoxy) is 1. The lowest BCUT2D eigenvalue weighted by atomic mass is 9.89. The summed E-state index contributed by atoms with van der Waals surface area (Å²) in [4.78, 5) is 18.3. The number of thiophene rings is 1. The molecular formula is C18H22N4O2S. The fraction of sp³-hybridized carbons (Fsp3) is 0.500. The third-order valence-electron chi connectivity index (χ3n) is 5.08. The van der Waals surface area contributed by atoms with E-state index in [9.17, 15) is 4.79 Å². The highest BCUT2D eigenvalue weighted by molar-refractivity contribution is 7.09.